The molecule has 7 nitrogen and oxygen atoms in total. The van der Waals surface area contributed by atoms with E-state index in [1.165, 1.54) is 6.07 Å². The van der Waals surface area contributed by atoms with Gasteiger partial charge in [0.25, 0.3) is 0 Å². The van der Waals surface area contributed by atoms with Crippen LogP contribution in [0.5, 0.6) is 0 Å². The molecule has 4 aromatic rings. The molecule has 9 heteroatoms. The maximum Gasteiger partial charge on any atom is 0.188 e. The Hall–Kier alpha value is -2.91. The minimum atomic E-state index is -0.334. The summed E-state index contributed by atoms with van der Waals surface area (Å²) in [5, 5.41) is 16.2. The van der Waals surface area contributed by atoms with Crippen LogP contribution >= 0.6 is 11.3 Å². The van der Waals surface area contributed by atoms with E-state index < -0.39 is 0 Å². The predicted molar refractivity (Wildman–Crippen MR) is 110 cm³/mol. The number of hydrogen-bond acceptors (Lipinski definition) is 7. The molecular weight excluding hydrogens is 389 g/mol. The molecule has 0 radical (unpaired) electrons. The van der Waals surface area contributed by atoms with E-state index in [1.807, 2.05) is 23.7 Å². The lowest BCUT2D eigenvalue weighted by Gasteiger charge is -2.37. The Balaban J connectivity index is 1.38. The molecule has 0 spiro atoms. The summed E-state index contributed by atoms with van der Waals surface area (Å²) in [4.78, 5) is 9.13. The molecule has 148 valence electrons. The number of fused-ring (bicyclic) bond motifs is 1. The third-order valence-corrected chi connectivity index (χ3v) is 6.30. The Bertz CT molecular complexity index is 1120. The molecule has 1 unspecified atom stereocenters. The van der Waals surface area contributed by atoms with E-state index in [-0.39, 0.29) is 5.82 Å². The van der Waals surface area contributed by atoms with Gasteiger partial charge in [-0.3, -0.25) is 4.90 Å². The second kappa shape index (κ2) is 7.49. The third-order valence-electron chi connectivity index (χ3n) is 5.36. The Morgan fingerprint density at radius 2 is 1.86 bits per heavy atom. The first kappa shape index (κ1) is 18.1. The SMILES string of the molecule is CC(c1nccs1)N1CCN(c2ccc3nnc(-c4ccccc4F)n3n2)CC1. The standard InChI is InChI=1S/C20H20FN7S/c1-14(20-22-8-13-29-20)26-9-11-27(12-10-26)18-7-6-17-23-24-19(28(17)25-18)15-4-2-3-5-16(15)21/h2-8,13-14H,9-12H2,1H3. The molecule has 1 aromatic carbocycles. The van der Waals surface area contributed by atoms with Gasteiger partial charge in [0.05, 0.1) is 11.6 Å². The summed E-state index contributed by atoms with van der Waals surface area (Å²) in [7, 11) is 0. The molecule has 0 N–H and O–H groups in total. The quantitative estimate of drug-likeness (QED) is 0.516. The average molecular weight is 409 g/mol. The van der Waals surface area contributed by atoms with Crippen LogP contribution in [0, 0.1) is 5.82 Å². The van der Waals surface area contributed by atoms with Gasteiger partial charge in [-0.2, -0.15) is 4.52 Å². The Labute approximate surface area is 171 Å². The molecule has 0 aliphatic carbocycles. The average Bonchev–Trinajstić information content (AvgIpc) is 3.44. The zero-order valence-corrected chi connectivity index (χ0v) is 16.8. The van der Waals surface area contributed by atoms with Gasteiger partial charge in [0.2, 0.25) is 0 Å². The summed E-state index contributed by atoms with van der Waals surface area (Å²) < 4.78 is 15.9. The van der Waals surface area contributed by atoms with Gasteiger partial charge < -0.3 is 4.90 Å². The fourth-order valence-electron chi connectivity index (χ4n) is 3.69. The number of aromatic nitrogens is 5. The molecule has 29 heavy (non-hydrogen) atoms. The lowest BCUT2D eigenvalue weighted by atomic mass is 10.2. The van der Waals surface area contributed by atoms with Crippen LogP contribution in [0.4, 0.5) is 10.2 Å². The van der Waals surface area contributed by atoms with Crippen molar-refractivity contribution in [2.45, 2.75) is 13.0 Å². The van der Waals surface area contributed by atoms with Crippen LogP contribution in [0.25, 0.3) is 17.0 Å². The first-order chi connectivity index (χ1) is 14.2. The van der Waals surface area contributed by atoms with Crippen LogP contribution in [0.2, 0.25) is 0 Å². The van der Waals surface area contributed by atoms with E-state index in [9.17, 15) is 4.39 Å². The maximum atomic E-state index is 14.2. The van der Waals surface area contributed by atoms with Crippen LogP contribution in [0.1, 0.15) is 18.0 Å². The van der Waals surface area contributed by atoms with Gasteiger partial charge in [0, 0.05) is 37.8 Å². The van der Waals surface area contributed by atoms with Crippen LogP contribution in [-0.4, -0.2) is 55.9 Å². The van der Waals surface area contributed by atoms with E-state index in [2.05, 4.69) is 31.9 Å². The monoisotopic (exact) mass is 409 g/mol. The van der Waals surface area contributed by atoms with Crippen molar-refractivity contribution in [3.8, 4) is 11.4 Å². The summed E-state index contributed by atoms with van der Waals surface area (Å²) in [5.41, 5.74) is 0.995. The normalized spacial score (nSPS) is 16.4. The van der Waals surface area contributed by atoms with Crippen molar-refractivity contribution in [1.82, 2.24) is 29.7 Å². The van der Waals surface area contributed by atoms with Crippen LogP contribution in [0.15, 0.2) is 48.0 Å². The molecule has 1 aliphatic heterocycles. The Morgan fingerprint density at radius 3 is 2.62 bits per heavy atom. The largest absolute Gasteiger partial charge is 0.353 e. The van der Waals surface area contributed by atoms with Crippen molar-refractivity contribution in [2.24, 2.45) is 0 Å². The highest BCUT2D eigenvalue weighted by molar-refractivity contribution is 7.09. The summed E-state index contributed by atoms with van der Waals surface area (Å²) in [6.45, 7) is 5.80. The molecule has 1 aliphatic rings. The Kier molecular flexibility index (Phi) is 4.69. The number of benzene rings is 1. The fourth-order valence-corrected chi connectivity index (χ4v) is 4.42. The van der Waals surface area contributed by atoms with Crippen LogP contribution < -0.4 is 4.90 Å². The van der Waals surface area contributed by atoms with Crippen molar-refractivity contribution in [1.29, 1.82) is 0 Å². The van der Waals surface area contributed by atoms with E-state index in [1.54, 1.807) is 34.1 Å². The fraction of sp³-hybridized carbons (Fsp3) is 0.300. The van der Waals surface area contributed by atoms with Gasteiger partial charge >= 0.3 is 0 Å². The lowest BCUT2D eigenvalue weighted by Crippen LogP contribution is -2.47. The highest BCUT2D eigenvalue weighted by Crippen LogP contribution is 2.25. The molecule has 0 amide bonds. The first-order valence-corrected chi connectivity index (χ1v) is 10.4. The predicted octanol–water partition coefficient (Wildman–Crippen LogP) is 3.27. The van der Waals surface area contributed by atoms with E-state index in [4.69, 9.17) is 5.10 Å². The smallest absolute Gasteiger partial charge is 0.188 e. The van der Waals surface area contributed by atoms with Gasteiger partial charge in [-0.05, 0) is 31.2 Å². The van der Waals surface area contributed by atoms with Crippen molar-refractivity contribution in [3.63, 3.8) is 0 Å². The Morgan fingerprint density at radius 1 is 1.03 bits per heavy atom. The molecule has 0 saturated carbocycles. The molecule has 1 saturated heterocycles. The van der Waals surface area contributed by atoms with Gasteiger partial charge in [-0.15, -0.1) is 26.6 Å². The molecule has 1 atom stereocenters. The summed E-state index contributed by atoms with van der Waals surface area (Å²) in [6.07, 6.45) is 1.86. The molecular formula is C20H20FN7S. The number of halogens is 1. The van der Waals surface area contributed by atoms with E-state index in [0.717, 1.165) is 37.0 Å². The van der Waals surface area contributed by atoms with Gasteiger partial charge in [-0.1, -0.05) is 12.1 Å². The highest BCUT2D eigenvalue weighted by atomic mass is 32.1. The van der Waals surface area contributed by atoms with Crippen molar-refractivity contribution in [2.75, 3.05) is 31.1 Å². The number of hydrogen-bond donors (Lipinski definition) is 0. The molecule has 4 heterocycles. The number of rotatable bonds is 4. The third kappa shape index (κ3) is 3.36. The van der Waals surface area contributed by atoms with Crippen molar-refractivity contribution >= 4 is 22.8 Å². The van der Waals surface area contributed by atoms with Gasteiger partial charge in [0.15, 0.2) is 11.5 Å². The van der Waals surface area contributed by atoms with E-state index >= 15 is 0 Å². The summed E-state index contributed by atoms with van der Waals surface area (Å²) in [5.74, 6) is 0.922. The first-order valence-electron chi connectivity index (χ1n) is 9.56. The van der Waals surface area contributed by atoms with Crippen molar-refractivity contribution in [3.05, 3.63) is 58.8 Å². The van der Waals surface area contributed by atoms with Gasteiger partial charge in [-0.25, -0.2) is 9.37 Å². The second-order valence-electron chi connectivity index (χ2n) is 7.03. The maximum absolute atomic E-state index is 14.2. The molecule has 1 fully saturated rings. The minimum absolute atomic E-state index is 0.318. The molecule has 0 bridgehead atoms. The zero-order chi connectivity index (χ0) is 19.8. The minimum Gasteiger partial charge on any atom is -0.353 e. The van der Waals surface area contributed by atoms with Gasteiger partial charge in [0.1, 0.15) is 16.6 Å². The molecule has 5 rings (SSSR count). The highest BCUT2D eigenvalue weighted by Gasteiger charge is 2.24. The van der Waals surface area contributed by atoms with Crippen LogP contribution in [-0.2, 0) is 0 Å². The van der Waals surface area contributed by atoms with E-state index in [0.29, 0.717) is 23.1 Å². The van der Waals surface area contributed by atoms with Crippen molar-refractivity contribution < 1.29 is 4.39 Å². The topological polar surface area (TPSA) is 62.5 Å². The second-order valence-corrected chi connectivity index (χ2v) is 7.96. The number of thiazole rings is 1. The number of nitrogens with zero attached hydrogens (tertiary/aromatic N) is 7. The summed E-state index contributed by atoms with van der Waals surface area (Å²) in [6, 6.07) is 10.7. The molecule has 3 aromatic heterocycles. The number of piperazine rings is 1. The lowest BCUT2D eigenvalue weighted by molar-refractivity contribution is 0.198. The number of anilines is 1. The zero-order valence-electron chi connectivity index (χ0n) is 15.9. The van der Waals surface area contributed by atoms with Crippen LogP contribution in [0.3, 0.4) is 0 Å². The summed E-state index contributed by atoms with van der Waals surface area (Å²) >= 11 is 1.70.